The van der Waals surface area contributed by atoms with E-state index in [1.807, 2.05) is 0 Å². The van der Waals surface area contributed by atoms with Crippen molar-refractivity contribution in [3.63, 3.8) is 0 Å². The second-order valence-corrected chi connectivity index (χ2v) is 5.66. The van der Waals surface area contributed by atoms with Crippen LogP contribution in [0.2, 0.25) is 0 Å². The molecule has 0 aliphatic heterocycles. The third-order valence-electron chi connectivity index (χ3n) is 2.14. The first kappa shape index (κ1) is 13.4. The van der Waals surface area contributed by atoms with E-state index < -0.39 is 15.8 Å². The van der Waals surface area contributed by atoms with Crippen LogP contribution in [0.15, 0.2) is 41.8 Å². The van der Waals surface area contributed by atoms with Crippen molar-refractivity contribution >= 4 is 15.8 Å². The first-order valence-corrected chi connectivity index (χ1v) is 6.87. The molecule has 0 spiro atoms. The normalized spacial score (nSPS) is 12.8. The van der Waals surface area contributed by atoms with E-state index in [2.05, 4.69) is 6.58 Å². The first-order valence-electron chi connectivity index (χ1n) is 4.98. The summed E-state index contributed by atoms with van der Waals surface area (Å²) >= 11 is 0. The molecule has 0 radical (unpaired) electrons. The van der Waals surface area contributed by atoms with Crippen LogP contribution < -0.4 is 0 Å². The van der Waals surface area contributed by atoms with Crippen LogP contribution in [0.5, 0.6) is 0 Å². The Kier molecular flexibility index (Phi) is 4.07. The van der Waals surface area contributed by atoms with Crippen molar-refractivity contribution in [3.8, 4) is 0 Å². The third kappa shape index (κ3) is 3.71. The fraction of sp³-hybridized carbons (Fsp3) is 0.250. The van der Waals surface area contributed by atoms with Crippen LogP contribution in [0, 0.1) is 0 Å². The van der Waals surface area contributed by atoms with Crippen LogP contribution in [0.4, 0.5) is 0 Å². The Bertz CT molecular complexity index is 514. The molecule has 0 N–H and O–H groups in total. The summed E-state index contributed by atoms with van der Waals surface area (Å²) in [6.07, 6.45) is 2.24. The average molecular weight is 254 g/mol. The smallest absolute Gasteiger partial charge is 0.338 e. The predicted octanol–water partition coefficient (Wildman–Crippen LogP) is 1.82. The largest absolute Gasteiger partial charge is 0.455 e. The minimum Gasteiger partial charge on any atom is -0.455 e. The molecule has 0 saturated heterocycles. The summed E-state index contributed by atoms with van der Waals surface area (Å²) in [6.45, 7) is 5.19. The van der Waals surface area contributed by atoms with Gasteiger partial charge in [0.05, 0.1) is 10.5 Å². The molecule has 0 heterocycles. The van der Waals surface area contributed by atoms with Crippen molar-refractivity contribution < 1.29 is 17.9 Å². The summed E-state index contributed by atoms with van der Waals surface area (Å²) in [5, 5.41) is 0. The minimum absolute atomic E-state index is 0.172. The molecule has 1 atom stereocenters. The van der Waals surface area contributed by atoms with E-state index in [0.717, 1.165) is 6.26 Å². The Morgan fingerprint density at radius 1 is 1.35 bits per heavy atom. The lowest BCUT2D eigenvalue weighted by molar-refractivity contribution is 0.0425. The number of hydrogen-bond donors (Lipinski definition) is 0. The van der Waals surface area contributed by atoms with Crippen molar-refractivity contribution in [1.29, 1.82) is 0 Å². The number of carbonyl (C=O) groups is 1. The fourth-order valence-corrected chi connectivity index (χ4v) is 1.75. The zero-order valence-electron chi connectivity index (χ0n) is 9.71. The van der Waals surface area contributed by atoms with Gasteiger partial charge in [-0.05, 0) is 31.2 Å². The Morgan fingerprint density at radius 3 is 2.29 bits per heavy atom. The van der Waals surface area contributed by atoms with Gasteiger partial charge >= 0.3 is 5.97 Å². The summed E-state index contributed by atoms with van der Waals surface area (Å²) in [5.41, 5.74) is 0.311. The maximum absolute atomic E-state index is 11.6. The molecular weight excluding hydrogens is 240 g/mol. The van der Waals surface area contributed by atoms with E-state index in [1.165, 1.54) is 30.3 Å². The monoisotopic (exact) mass is 254 g/mol. The minimum atomic E-state index is -3.24. The maximum Gasteiger partial charge on any atom is 0.338 e. The summed E-state index contributed by atoms with van der Waals surface area (Å²) in [5.74, 6) is -0.502. The molecule has 17 heavy (non-hydrogen) atoms. The van der Waals surface area contributed by atoms with Gasteiger partial charge in [-0.1, -0.05) is 12.7 Å². The number of rotatable bonds is 4. The lowest BCUT2D eigenvalue weighted by atomic mass is 10.2. The molecule has 1 aromatic rings. The Balaban J connectivity index is 2.88. The maximum atomic E-state index is 11.6. The van der Waals surface area contributed by atoms with Gasteiger partial charge in [0.2, 0.25) is 0 Å². The second kappa shape index (κ2) is 5.14. The highest BCUT2D eigenvalue weighted by molar-refractivity contribution is 7.90. The van der Waals surface area contributed by atoms with Crippen molar-refractivity contribution in [2.45, 2.75) is 17.9 Å². The van der Waals surface area contributed by atoms with Crippen molar-refractivity contribution in [2.75, 3.05) is 6.26 Å². The van der Waals surface area contributed by atoms with Gasteiger partial charge in [0.1, 0.15) is 6.10 Å². The summed E-state index contributed by atoms with van der Waals surface area (Å²) in [7, 11) is -3.24. The number of sulfone groups is 1. The van der Waals surface area contributed by atoms with Crippen molar-refractivity contribution in [3.05, 3.63) is 42.5 Å². The first-order chi connectivity index (χ1) is 7.84. The summed E-state index contributed by atoms with van der Waals surface area (Å²) in [6, 6.07) is 5.61. The van der Waals surface area contributed by atoms with E-state index >= 15 is 0 Å². The van der Waals surface area contributed by atoms with Crippen LogP contribution >= 0.6 is 0 Å². The quantitative estimate of drug-likeness (QED) is 0.607. The molecule has 4 nitrogen and oxygen atoms in total. The number of carbonyl (C=O) groups excluding carboxylic acids is 1. The fourth-order valence-electron chi connectivity index (χ4n) is 1.12. The molecule has 0 unspecified atom stereocenters. The Hall–Kier alpha value is -1.62. The molecule has 0 aromatic heterocycles. The molecule has 0 bridgehead atoms. The average Bonchev–Trinajstić information content (AvgIpc) is 2.27. The number of hydrogen-bond acceptors (Lipinski definition) is 4. The molecule has 0 saturated carbocycles. The molecule has 1 aromatic carbocycles. The van der Waals surface area contributed by atoms with Gasteiger partial charge in [-0.2, -0.15) is 0 Å². The van der Waals surface area contributed by atoms with Crippen LogP contribution in [0.3, 0.4) is 0 Å². The molecule has 0 aliphatic carbocycles. The van der Waals surface area contributed by atoms with Gasteiger partial charge in [-0.25, -0.2) is 13.2 Å². The molecule has 5 heteroatoms. The van der Waals surface area contributed by atoms with Gasteiger partial charge in [0, 0.05) is 6.26 Å². The van der Waals surface area contributed by atoms with Crippen LogP contribution in [0.1, 0.15) is 17.3 Å². The highest BCUT2D eigenvalue weighted by atomic mass is 32.2. The van der Waals surface area contributed by atoms with Gasteiger partial charge in [0.15, 0.2) is 9.84 Å². The third-order valence-corrected chi connectivity index (χ3v) is 3.27. The standard InChI is InChI=1S/C12H14O4S/c1-4-9(2)16-12(13)10-5-7-11(8-6-10)17(3,14)15/h4-9H,1H2,2-3H3/t9-/m0/s1. The van der Waals surface area contributed by atoms with Crippen LogP contribution in [-0.4, -0.2) is 26.7 Å². The van der Waals surface area contributed by atoms with Crippen LogP contribution in [0.25, 0.3) is 0 Å². The SMILES string of the molecule is C=C[C@H](C)OC(=O)c1ccc(S(C)(=O)=O)cc1. The van der Waals surface area contributed by atoms with Crippen LogP contribution in [-0.2, 0) is 14.6 Å². The molecular formula is C12H14O4S. The van der Waals surface area contributed by atoms with E-state index in [4.69, 9.17) is 4.74 Å². The molecule has 0 aliphatic rings. The number of benzene rings is 1. The second-order valence-electron chi connectivity index (χ2n) is 3.64. The Labute approximate surface area is 101 Å². The van der Waals surface area contributed by atoms with Crippen molar-refractivity contribution in [2.24, 2.45) is 0 Å². The lowest BCUT2D eigenvalue weighted by Crippen LogP contribution is -2.12. The van der Waals surface area contributed by atoms with E-state index in [0.29, 0.717) is 5.56 Å². The summed E-state index contributed by atoms with van der Waals surface area (Å²) < 4.78 is 27.4. The zero-order chi connectivity index (χ0) is 13.1. The molecule has 0 amide bonds. The lowest BCUT2D eigenvalue weighted by Gasteiger charge is -2.08. The predicted molar refractivity (Wildman–Crippen MR) is 64.6 cm³/mol. The van der Waals surface area contributed by atoms with E-state index in [1.54, 1.807) is 6.92 Å². The van der Waals surface area contributed by atoms with Gasteiger partial charge in [-0.3, -0.25) is 0 Å². The topological polar surface area (TPSA) is 60.4 Å². The zero-order valence-corrected chi connectivity index (χ0v) is 10.5. The number of esters is 1. The van der Waals surface area contributed by atoms with Gasteiger partial charge < -0.3 is 4.74 Å². The summed E-state index contributed by atoms with van der Waals surface area (Å²) in [4.78, 5) is 11.7. The van der Waals surface area contributed by atoms with Gasteiger partial charge in [0.25, 0.3) is 0 Å². The highest BCUT2D eigenvalue weighted by Gasteiger charge is 2.12. The number of ether oxygens (including phenoxy) is 1. The van der Waals surface area contributed by atoms with E-state index in [9.17, 15) is 13.2 Å². The molecule has 0 fully saturated rings. The molecule has 1 rings (SSSR count). The van der Waals surface area contributed by atoms with Crippen molar-refractivity contribution in [1.82, 2.24) is 0 Å². The highest BCUT2D eigenvalue weighted by Crippen LogP contribution is 2.11. The molecule has 92 valence electrons. The van der Waals surface area contributed by atoms with E-state index in [-0.39, 0.29) is 11.0 Å². The van der Waals surface area contributed by atoms with Gasteiger partial charge in [-0.15, -0.1) is 0 Å². The Morgan fingerprint density at radius 2 is 1.88 bits per heavy atom.